The van der Waals surface area contributed by atoms with E-state index < -0.39 is 6.03 Å². The number of oxazole rings is 1. The van der Waals surface area contributed by atoms with Gasteiger partial charge >= 0.3 is 6.03 Å². The summed E-state index contributed by atoms with van der Waals surface area (Å²) in [6.07, 6.45) is 7.82. The molecule has 10 nitrogen and oxygen atoms in total. The van der Waals surface area contributed by atoms with Crippen molar-refractivity contribution < 1.29 is 13.9 Å². The van der Waals surface area contributed by atoms with Crippen molar-refractivity contribution in [3.05, 3.63) is 59.2 Å². The molecule has 5 rings (SSSR count). The molecule has 0 saturated carbocycles. The zero-order valence-electron chi connectivity index (χ0n) is 18.6. The number of pyridine rings is 1. The molecule has 4 aromatic rings. The molecule has 0 spiro atoms. The van der Waals surface area contributed by atoms with Gasteiger partial charge in [0.15, 0.2) is 6.23 Å². The molecule has 1 atom stereocenters. The Morgan fingerprint density at radius 1 is 1.35 bits per heavy atom. The summed E-state index contributed by atoms with van der Waals surface area (Å²) in [7, 11) is 0. The lowest BCUT2D eigenvalue weighted by Gasteiger charge is -2.24. The quantitative estimate of drug-likeness (QED) is 0.392. The summed E-state index contributed by atoms with van der Waals surface area (Å²) in [5.74, 6) is 0.429. The SMILES string of the molecule is Cc1coc(-c2cc(CNN(C(N)=O)c3ccc4c(cnn4C4CCCCO4)c3Cl)ccn2)n1. The first-order valence-electron chi connectivity index (χ1n) is 11.0. The summed E-state index contributed by atoms with van der Waals surface area (Å²) in [4.78, 5) is 20.9. The van der Waals surface area contributed by atoms with Gasteiger partial charge in [0.2, 0.25) is 5.89 Å². The van der Waals surface area contributed by atoms with Gasteiger partial charge in [-0.2, -0.15) is 5.10 Å². The van der Waals surface area contributed by atoms with Gasteiger partial charge in [-0.05, 0) is 56.0 Å². The van der Waals surface area contributed by atoms with E-state index in [0.29, 0.717) is 40.8 Å². The number of rotatable bonds is 6. The number of hydrogen-bond donors (Lipinski definition) is 2. The van der Waals surface area contributed by atoms with Gasteiger partial charge < -0.3 is 14.9 Å². The van der Waals surface area contributed by atoms with E-state index in [1.54, 1.807) is 24.7 Å². The van der Waals surface area contributed by atoms with Gasteiger partial charge in [-0.25, -0.2) is 24.9 Å². The number of halogens is 1. The number of carbonyl (C=O) groups excluding carboxylic acids is 1. The number of aryl methyl sites for hydroxylation is 1. The van der Waals surface area contributed by atoms with Crippen molar-refractivity contribution in [2.45, 2.75) is 39.0 Å². The van der Waals surface area contributed by atoms with Gasteiger partial charge in [0, 0.05) is 24.7 Å². The second-order valence-corrected chi connectivity index (χ2v) is 8.47. The average molecular weight is 482 g/mol. The van der Waals surface area contributed by atoms with Crippen LogP contribution in [0.3, 0.4) is 0 Å². The minimum atomic E-state index is -0.693. The van der Waals surface area contributed by atoms with Crippen molar-refractivity contribution in [1.82, 2.24) is 25.2 Å². The molecule has 4 heterocycles. The Hall–Kier alpha value is -3.47. The lowest BCUT2D eigenvalue weighted by Crippen LogP contribution is -2.46. The summed E-state index contributed by atoms with van der Waals surface area (Å²) in [5.41, 5.74) is 12.2. The number of amides is 2. The number of hydrogen-bond acceptors (Lipinski definition) is 7. The maximum Gasteiger partial charge on any atom is 0.333 e. The van der Waals surface area contributed by atoms with E-state index in [1.165, 1.54) is 5.01 Å². The van der Waals surface area contributed by atoms with Crippen LogP contribution >= 0.6 is 11.6 Å². The van der Waals surface area contributed by atoms with Gasteiger partial charge in [-0.15, -0.1) is 0 Å². The second kappa shape index (κ2) is 9.41. The molecule has 34 heavy (non-hydrogen) atoms. The molecule has 0 radical (unpaired) electrons. The second-order valence-electron chi connectivity index (χ2n) is 8.09. The van der Waals surface area contributed by atoms with E-state index in [1.807, 2.05) is 29.8 Å². The number of carbonyl (C=O) groups is 1. The maximum absolute atomic E-state index is 12.3. The Bertz CT molecular complexity index is 1330. The first-order valence-corrected chi connectivity index (χ1v) is 11.4. The summed E-state index contributed by atoms with van der Waals surface area (Å²) >= 11 is 6.71. The van der Waals surface area contributed by atoms with Gasteiger partial charge in [0.1, 0.15) is 12.0 Å². The summed E-state index contributed by atoms with van der Waals surface area (Å²) in [6, 6.07) is 6.58. The van der Waals surface area contributed by atoms with Crippen LogP contribution in [0.15, 0.2) is 47.3 Å². The molecule has 176 valence electrons. The lowest BCUT2D eigenvalue weighted by molar-refractivity contribution is -0.0366. The molecule has 11 heteroatoms. The number of nitrogens with one attached hydrogen (secondary N) is 1. The van der Waals surface area contributed by atoms with E-state index in [2.05, 4.69) is 20.5 Å². The molecule has 1 fully saturated rings. The number of benzene rings is 1. The lowest BCUT2D eigenvalue weighted by atomic mass is 10.2. The number of nitrogens with zero attached hydrogens (tertiary/aromatic N) is 5. The van der Waals surface area contributed by atoms with Crippen molar-refractivity contribution >= 4 is 34.2 Å². The number of urea groups is 1. The Balaban J connectivity index is 1.38. The fraction of sp³-hybridized carbons (Fsp3) is 0.304. The van der Waals surface area contributed by atoms with Crippen LogP contribution in [-0.4, -0.2) is 32.4 Å². The van der Waals surface area contributed by atoms with Gasteiger partial charge in [-0.1, -0.05) is 11.6 Å². The number of aromatic nitrogens is 4. The highest BCUT2D eigenvalue weighted by Gasteiger charge is 2.23. The number of hydrazine groups is 1. The fourth-order valence-corrected chi connectivity index (χ4v) is 4.31. The molecule has 1 saturated heterocycles. The summed E-state index contributed by atoms with van der Waals surface area (Å²) in [5, 5.41) is 6.80. The van der Waals surface area contributed by atoms with E-state index in [9.17, 15) is 4.79 Å². The first kappa shape index (κ1) is 22.3. The van der Waals surface area contributed by atoms with Gasteiger partial charge in [0.25, 0.3) is 0 Å². The van der Waals surface area contributed by atoms with Crippen LogP contribution in [-0.2, 0) is 11.3 Å². The average Bonchev–Trinajstić information content (AvgIpc) is 3.48. The van der Waals surface area contributed by atoms with E-state index in [4.69, 9.17) is 26.5 Å². The molecule has 0 aliphatic carbocycles. The molecule has 3 N–H and O–H groups in total. The smallest absolute Gasteiger partial charge is 0.333 e. The normalized spacial score (nSPS) is 16.1. The van der Waals surface area contributed by atoms with Gasteiger partial charge in [-0.3, -0.25) is 4.98 Å². The predicted octanol–water partition coefficient (Wildman–Crippen LogP) is 4.34. The highest BCUT2D eigenvalue weighted by Crippen LogP contribution is 2.35. The van der Waals surface area contributed by atoms with Crippen LogP contribution in [0.4, 0.5) is 10.5 Å². The summed E-state index contributed by atoms with van der Waals surface area (Å²) in [6.45, 7) is 2.85. The van der Waals surface area contributed by atoms with Crippen LogP contribution in [0, 0.1) is 6.92 Å². The van der Waals surface area contributed by atoms with Gasteiger partial charge in [0.05, 0.1) is 28.1 Å². The molecular weight excluding hydrogens is 458 g/mol. The largest absolute Gasteiger partial charge is 0.443 e. The number of anilines is 1. The third-order valence-electron chi connectivity index (χ3n) is 5.69. The summed E-state index contributed by atoms with van der Waals surface area (Å²) < 4.78 is 13.1. The van der Waals surface area contributed by atoms with Crippen molar-refractivity contribution in [2.75, 3.05) is 11.6 Å². The maximum atomic E-state index is 12.3. The predicted molar refractivity (Wildman–Crippen MR) is 127 cm³/mol. The molecule has 1 aromatic carbocycles. The van der Waals surface area contributed by atoms with Crippen LogP contribution in [0.5, 0.6) is 0 Å². The number of primary amides is 1. The van der Waals surface area contributed by atoms with Crippen LogP contribution in [0.1, 0.15) is 36.7 Å². The minimum absolute atomic E-state index is 0.119. The van der Waals surface area contributed by atoms with Crippen LogP contribution in [0.2, 0.25) is 5.02 Å². The Kier molecular flexibility index (Phi) is 6.18. The van der Waals surface area contributed by atoms with Crippen molar-refractivity contribution in [3.8, 4) is 11.6 Å². The zero-order valence-corrected chi connectivity index (χ0v) is 19.3. The molecule has 0 bridgehead atoms. The van der Waals surface area contributed by atoms with Crippen LogP contribution in [0.25, 0.3) is 22.5 Å². The van der Waals surface area contributed by atoms with E-state index in [-0.39, 0.29) is 6.23 Å². The number of nitrogens with two attached hydrogens (primary N) is 1. The zero-order chi connectivity index (χ0) is 23.7. The molecule has 1 aliphatic heterocycles. The fourth-order valence-electron chi connectivity index (χ4n) is 4.02. The Labute approximate surface area is 200 Å². The molecule has 2 amide bonds. The number of fused-ring (bicyclic) bond motifs is 1. The van der Waals surface area contributed by atoms with E-state index >= 15 is 0 Å². The molecule has 1 aliphatic rings. The molecule has 3 aromatic heterocycles. The number of ether oxygens (including phenoxy) is 1. The third-order valence-corrected chi connectivity index (χ3v) is 6.09. The van der Waals surface area contributed by atoms with Crippen molar-refractivity contribution in [3.63, 3.8) is 0 Å². The first-order chi connectivity index (χ1) is 16.5. The Morgan fingerprint density at radius 3 is 2.97 bits per heavy atom. The highest BCUT2D eigenvalue weighted by atomic mass is 35.5. The highest BCUT2D eigenvalue weighted by molar-refractivity contribution is 6.38. The van der Waals surface area contributed by atoms with Crippen molar-refractivity contribution in [1.29, 1.82) is 0 Å². The Morgan fingerprint density at radius 2 is 2.24 bits per heavy atom. The monoisotopic (exact) mass is 481 g/mol. The van der Waals surface area contributed by atoms with E-state index in [0.717, 1.165) is 36.0 Å². The standard InChI is InChI=1S/C23H24ClN7O3/c1-14-13-34-22(29-14)17-10-15(7-8-26-17)11-27-31(23(25)32)19-6-5-18-16(21(19)24)12-28-30(18)20-4-2-3-9-33-20/h5-8,10,12-13,20,27H,2-4,9,11H2,1H3,(H2,25,32). The van der Waals surface area contributed by atoms with Crippen molar-refractivity contribution in [2.24, 2.45) is 5.73 Å². The third kappa shape index (κ3) is 4.35. The molecule has 1 unspecified atom stereocenters. The minimum Gasteiger partial charge on any atom is -0.443 e. The van der Waals surface area contributed by atoms with Crippen LogP contribution < -0.4 is 16.2 Å². The topological polar surface area (TPSA) is 124 Å². The molecular formula is C23H24ClN7O3.